The first-order chi connectivity index (χ1) is 19.5. The Labute approximate surface area is 237 Å². The lowest BCUT2D eigenvalue weighted by molar-refractivity contribution is -0.0615. The fourth-order valence-corrected chi connectivity index (χ4v) is 6.29. The highest BCUT2D eigenvalue weighted by atomic mass is 32.2. The Hall–Kier alpha value is -3.68. The largest absolute Gasteiger partial charge is 0.455 e. The molecule has 11 nitrogen and oxygen atoms in total. The maximum absolute atomic E-state index is 13.6. The Morgan fingerprint density at radius 2 is 1.90 bits per heavy atom. The second-order valence-electron chi connectivity index (χ2n) is 10.2. The molecule has 0 unspecified atom stereocenters. The molecule has 0 aliphatic carbocycles. The quantitative estimate of drug-likeness (QED) is 0.461. The molecule has 5 rings (SSSR count). The first-order valence-electron chi connectivity index (χ1n) is 13.2. The van der Waals surface area contributed by atoms with Crippen LogP contribution in [0.1, 0.15) is 35.4 Å². The zero-order valence-electron chi connectivity index (χ0n) is 23.2. The number of fused-ring (bicyclic) bond motifs is 2. The van der Waals surface area contributed by atoms with Gasteiger partial charge >= 0.3 is 6.09 Å². The summed E-state index contributed by atoms with van der Waals surface area (Å²) in [5, 5.41) is 3.09. The minimum absolute atomic E-state index is 0.0110. The fourth-order valence-electron chi connectivity index (χ4n) is 5.34. The van der Waals surface area contributed by atoms with Gasteiger partial charge in [0.05, 0.1) is 56.5 Å². The molecular weight excluding hydrogens is 557 g/mol. The van der Waals surface area contributed by atoms with E-state index in [9.17, 15) is 22.4 Å². The Bertz CT molecular complexity index is 1570. The van der Waals surface area contributed by atoms with E-state index in [0.717, 1.165) is 6.26 Å². The molecule has 2 aliphatic heterocycles. The third kappa shape index (κ3) is 5.74. The first-order valence-corrected chi connectivity index (χ1v) is 15.0. The van der Waals surface area contributed by atoms with Crippen molar-refractivity contribution in [3.05, 3.63) is 53.3 Å². The molecule has 2 amide bonds. The van der Waals surface area contributed by atoms with E-state index in [4.69, 9.17) is 18.6 Å². The van der Waals surface area contributed by atoms with Crippen molar-refractivity contribution in [3.63, 3.8) is 0 Å². The SMILES string of the molecule is CNC(=O)c1c(-c2ccc(F)cc2)oc2cc3c(cc12)[C@H](C)O[C@H](CO[C@@H]1CCN(C(=O)OC)C1)CN3S(C)(=O)=O. The van der Waals surface area contributed by atoms with E-state index in [0.29, 0.717) is 47.3 Å². The van der Waals surface area contributed by atoms with Gasteiger partial charge in [-0.3, -0.25) is 9.10 Å². The molecular formula is C28H32FN3O8S. The number of methoxy groups -OCH3 is 1. The van der Waals surface area contributed by atoms with Gasteiger partial charge in [0.1, 0.15) is 23.3 Å². The Morgan fingerprint density at radius 1 is 1.17 bits per heavy atom. The summed E-state index contributed by atoms with van der Waals surface area (Å²) in [5.41, 5.74) is 1.97. The number of sulfonamides is 1. The van der Waals surface area contributed by atoms with Crippen molar-refractivity contribution in [1.29, 1.82) is 0 Å². The van der Waals surface area contributed by atoms with E-state index in [1.807, 2.05) is 0 Å². The van der Waals surface area contributed by atoms with Gasteiger partial charge in [-0.2, -0.15) is 0 Å². The highest BCUT2D eigenvalue weighted by Gasteiger charge is 2.35. The third-order valence-electron chi connectivity index (χ3n) is 7.37. The summed E-state index contributed by atoms with van der Waals surface area (Å²) in [7, 11) is -0.942. The number of hydrogen-bond acceptors (Lipinski definition) is 8. The second kappa shape index (κ2) is 11.3. The number of benzene rings is 2. The minimum Gasteiger partial charge on any atom is -0.455 e. The predicted octanol–water partition coefficient (Wildman–Crippen LogP) is 3.68. The smallest absolute Gasteiger partial charge is 0.409 e. The third-order valence-corrected chi connectivity index (χ3v) is 8.51. The Morgan fingerprint density at radius 3 is 2.56 bits per heavy atom. The number of amides is 2. The van der Waals surface area contributed by atoms with Crippen LogP contribution in [0.4, 0.5) is 14.9 Å². The fraction of sp³-hybridized carbons (Fsp3) is 0.429. The van der Waals surface area contributed by atoms with Crippen LogP contribution in [0.5, 0.6) is 0 Å². The van der Waals surface area contributed by atoms with Crippen LogP contribution in [-0.4, -0.2) is 84.2 Å². The Kier molecular flexibility index (Phi) is 7.95. The summed E-state index contributed by atoms with van der Waals surface area (Å²) in [6, 6.07) is 8.87. The Balaban J connectivity index is 1.50. The van der Waals surface area contributed by atoms with Crippen molar-refractivity contribution in [2.75, 3.05) is 51.0 Å². The summed E-state index contributed by atoms with van der Waals surface area (Å²) in [4.78, 5) is 26.4. The van der Waals surface area contributed by atoms with Crippen LogP contribution >= 0.6 is 0 Å². The molecule has 2 aromatic carbocycles. The van der Waals surface area contributed by atoms with Crippen LogP contribution in [-0.2, 0) is 24.2 Å². The van der Waals surface area contributed by atoms with Crippen molar-refractivity contribution in [2.45, 2.75) is 31.7 Å². The average molecular weight is 590 g/mol. The number of halogens is 1. The molecule has 3 heterocycles. The molecule has 0 saturated carbocycles. The van der Waals surface area contributed by atoms with Gasteiger partial charge in [0.15, 0.2) is 0 Å². The normalized spacial score (nSPS) is 21.0. The van der Waals surface area contributed by atoms with Crippen LogP contribution in [0.2, 0.25) is 0 Å². The summed E-state index contributed by atoms with van der Waals surface area (Å²) >= 11 is 0. The van der Waals surface area contributed by atoms with E-state index in [2.05, 4.69) is 5.32 Å². The monoisotopic (exact) mass is 589 g/mol. The minimum atomic E-state index is -3.76. The zero-order chi connectivity index (χ0) is 29.5. The number of nitrogens with zero attached hydrogens (tertiary/aromatic N) is 2. The number of carbonyl (C=O) groups excluding carboxylic acids is 2. The molecule has 1 aromatic heterocycles. The van der Waals surface area contributed by atoms with Crippen molar-refractivity contribution in [3.8, 4) is 11.3 Å². The van der Waals surface area contributed by atoms with Crippen LogP contribution in [0, 0.1) is 5.82 Å². The predicted molar refractivity (Wildman–Crippen MR) is 149 cm³/mol. The van der Waals surface area contributed by atoms with Gasteiger partial charge in [-0.05, 0) is 43.7 Å². The zero-order valence-corrected chi connectivity index (χ0v) is 24.0. The molecule has 41 heavy (non-hydrogen) atoms. The summed E-state index contributed by atoms with van der Waals surface area (Å²) in [6.45, 7) is 2.78. The maximum Gasteiger partial charge on any atom is 0.409 e. The lowest BCUT2D eigenvalue weighted by Crippen LogP contribution is -2.39. The molecule has 1 fully saturated rings. The van der Waals surface area contributed by atoms with Gasteiger partial charge in [0.25, 0.3) is 5.91 Å². The van der Waals surface area contributed by atoms with Crippen molar-refractivity contribution < 1.29 is 41.0 Å². The number of anilines is 1. The van der Waals surface area contributed by atoms with E-state index in [1.54, 1.807) is 24.0 Å². The van der Waals surface area contributed by atoms with Gasteiger partial charge in [0.2, 0.25) is 10.0 Å². The molecule has 3 atom stereocenters. The van der Waals surface area contributed by atoms with Crippen LogP contribution < -0.4 is 9.62 Å². The lowest BCUT2D eigenvalue weighted by Gasteiger charge is -2.25. The highest BCUT2D eigenvalue weighted by molar-refractivity contribution is 7.92. The van der Waals surface area contributed by atoms with Crippen molar-refractivity contribution >= 4 is 38.7 Å². The van der Waals surface area contributed by atoms with Gasteiger partial charge < -0.3 is 28.8 Å². The molecule has 0 spiro atoms. The molecule has 2 aliphatic rings. The molecule has 0 bridgehead atoms. The lowest BCUT2D eigenvalue weighted by atomic mass is 10.0. The molecule has 3 aromatic rings. The number of hydrogen-bond donors (Lipinski definition) is 1. The van der Waals surface area contributed by atoms with Crippen LogP contribution in [0.3, 0.4) is 0 Å². The topological polar surface area (TPSA) is 128 Å². The summed E-state index contributed by atoms with van der Waals surface area (Å²) in [5.74, 6) is -0.600. The number of furan rings is 1. The van der Waals surface area contributed by atoms with Crippen molar-refractivity contribution in [2.24, 2.45) is 0 Å². The summed E-state index contributed by atoms with van der Waals surface area (Å²) in [6.07, 6.45) is -0.0832. The molecule has 1 N–H and O–H groups in total. The average Bonchev–Trinajstić information content (AvgIpc) is 3.54. The second-order valence-corrected chi connectivity index (χ2v) is 12.1. The number of ether oxygens (including phenoxy) is 3. The first kappa shape index (κ1) is 28.8. The van der Waals surface area contributed by atoms with Crippen LogP contribution in [0.15, 0.2) is 40.8 Å². The van der Waals surface area contributed by atoms with E-state index >= 15 is 0 Å². The number of nitrogens with one attached hydrogen (secondary N) is 1. The molecule has 13 heteroatoms. The van der Waals surface area contributed by atoms with Gasteiger partial charge in [0, 0.05) is 36.2 Å². The number of likely N-dealkylation sites (tertiary alicyclic amines) is 1. The van der Waals surface area contributed by atoms with Gasteiger partial charge in [-0.1, -0.05) is 0 Å². The van der Waals surface area contributed by atoms with E-state index in [1.165, 1.54) is 42.7 Å². The van der Waals surface area contributed by atoms with Gasteiger partial charge in [-0.25, -0.2) is 17.6 Å². The highest BCUT2D eigenvalue weighted by Crippen LogP contribution is 2.42. The van der Waals surface area contributed by atoms with E-state index in [-0.39, 0.29) is 30.6 Å². The maximum atomic E-state index is 13.6. The standard InChI is InChI=1S/C28H32FN3O8S/c1-16-21-11-22-24(40-26(25(22)27(33)30-2)17-5-7-18(29)8-6-17)12-23(21)32(41(4,35)36)14-20(39-16)15-38-19-9-10-31(13-19)28(34)37-3/h5-8,11-12,16,19-20H,9-10,13-15H2,1-4H3,(H,30,33)/t16-,19+,20-/m0/s1. The molecule has 1 saturated heterocycles. The van der Waals surface area contributed by atoms with Crippen molar-refractivity contribution in [1.82, 2.24) is 10.2 Å². The number of carbonyl (C=O) groups is 2. The van der Waals surface area contributed by atoms with E-state index < -0.39 is 40.0 Å². The van der Waals surface area contributed by atoms with Gasteiger partial charge in [-0.15, -0.1) is 0 Å². The molecule has 0 radical (unpaired) electrons. The summed E-state index contributed by atoms with van der Waals surface area (Å²) < 4.78 is 64.1. The van der Waals surface area contributed by atoms with Crippen LogP contribution in [0.25, 0.3) is 22.3 Å². The number of rotatable bonds is 6. The molecule has 220 valence electrons.